The number of carbonyl (C=O) groups excluding carboxylic acids is 3. The van der Waals surface area contributed by atoms with E-state index in [2.05, 4.69) is 15.7 Å². The van der Waals surface area contributed by atoms with Crippen molar-refractivity contribution in [2.45, 2.75) is 39.9 Å². The normalized spacial score (nSPS) is 15.6. The number of hydrogen-bond acceptors (Lipinski definition) is 4. The van der Waals surface area contributed by atoms with Crippen molar-refractivity contribution in [3.05, 3.63) is 46.8 Å². The summed E-state index contributed by atoms with van der Waals surface area (Å²) in [5, 5.41) is 9.54. The second-order valence-electron chi connectivity index (χ2n) is 6.51. The first kappa shape index (κ1) is 18.6. The Balaban J connectivity index is 1.66. The Morgan fingerprint density at radius 1 is 1.19 bits per heavy atom. The number of amides is 3. The summed E-state index contributed by atoms with van der Waals surface area (Å²) in [5.74, 6) is -1.89. The molecule has 0 aliphatic carbocycles. The van der Waals surface area contributed by atoms with Crippen LogP contribution in [0.4, 0.5) is 5.69 Å². The molecule has 2 aromatic rings. The van der Waals surface area contributed by atoms with Gasteiger partial charge >= 0.3 is 11.8 Å². The zero-order valence-electron chi connectivity index (χ0n) is 15.9. The summed E-state index contributed by atoms with van der Waals surface area (Å²) in [5.41, 5.74) is 4.07. The molecule has 0 fully saturated rings. The average molecular weight is 369 g/mol. The largest absolute Gasteiger partial charge is 0.344 e. The van der Waals surface area contributed by atoms with Crippen LogP contribution >= 0.6 is 0 Å². The van der Waals surface area contributed by atoms with Crippen molar-refractivity contribution in [2.75, 3.05) is 11.9 Å². The van der Waals surface area contributed by atoms with Crippen molar-refractivity contribution in [2.24, 2.45) is 0 Å². The van der Waals surface area contributed by atoms with Crippen LogP contribution in [0.25, 0.3) is 0 Å². The van der Waals surface area contributed by atoms with Gasteiger partial charge in [0, 0.05) is 42.6 Å². The van der Waals surface area contributed by atoms with E-state index in [1.54, 1.807) is 25.2 Å². The Bertz CT molecular complexity index is 918. The maximum atomic E-state index is 12.4. The number of rotatable bonds is 4. The van der Waals surface area contributed by atoms with Gasteiger partial charge in [0.2, 0.25) is 0 Å². The molecule has 0 unspecified atom stereocenters. The van der Waals surface area contributed by atoms with Crippen LogP contribution in [0.2, 0.25) is 0 Å². The van der Waals surface area contributed by atoms with Crippen molar-refractivity contribution in [1.29, 1.82) is 0 Å². The molecule has 2 N–H and O–H groups in total. The molecule has 1 aliphatic rings. The second-order valence-corrected chi connectivity index (χ2v) is 6.51. The van der Waals surface area contributed by atoms with Crippen LogP contribution in [-0.2, 0) is 27.5 Å². The van der Waals surface area contributed by atoms with E-state index in [-0.39, 0.29) is 12.5 Å². The monoisotopic (exact) mass is 369 g/mol. The van der Waals surface area contributed by atoms with Crippen LogP contribution in [-0.4, -0.2) is 34.5 Å². The summed E-state index contributed by atoms with van der Waals surface area (Å²) in [6, 6.07) is 6.33. The molecule has 0 saturated heterocycles. The van der Waals surface area contributed by atoms with E-state index in [1.807, 2.05) is 31.5 Å². The average Bonchev–Trinajstić information content (AvgIpc) is 3.08. The van der Waals surface area contributed by atoms with Crippen LogP contribution in [0.1, 0.15) is 35.5 Å². The number of carbonyl (C=O) groups is 3. The minimum atomic E-state index is -0.851. The number of anilines is 1. The molecule has 1 atom stereocenters. The fourth-order valence-corrected chi connectivity index (χ4v) is 3.37. The topological polar surface area (TPSA) is 96.3 Å². The lowest BCUT2D eigenvalue weighted by Gasteiger charge is -2.13. The van der Waals surface area contributed by atoms with Gasteiger partial charge in [0.25, 0.3) is 5.91 Å². The van der Waals surface area contributed by atoms with E-state index in [1.165, 1.54) is 4.90 Å². The molecular weight excluding hydrogens is 346 g/mol. The molecule has 0 saturated carbocycles. The third-order valence-corrected chi connectivity index (χ3v) is 4.92. The fraction of sp³-hybridized carbons (Fsp3) is 0.368. The lowest BCUT2D eigenvalue weighted by atomic mass is 10.1. The molecule has 3 amide bonds. The van der Waals surface area contributed by atoms with Gasteiger partial charge in [-0.3, -0.25) is 19.1 Å². The highest BCUT2D eigenvalue weighted by Gasteiger charge is 2.36. The van der Waals surface area contributed by atoms with E-state index < -0.39 is 17.9 Å². The highest BCUT2D eigenvalue weighted by atomic mass is 16.2. The number of likely N-dealkylation sites (N-methyl/N-ethyl adjacent to an activating group) is 1. The predicted octanol–water partition coefficient (Wildman–Crippen LogP) is 0.970. The van der Waals surface area contributed by atoms with Gasteiger partial charge in [-0.15, -0.1) is 0 Å². The number of para-hydroxylation sites is 1. The maximum Gasteiger partial charge on any atom is 0.310 e. The molecule has 1 aromatic heterocycles. The minimum Gasteiger partial charge on any atom is -0.344 e. The number of aromatic nitrogens is 2. The minimum absolute atomic E-state index is 0.207. The van der Waals surface area contributed by atoms with Gasteiger partial charge in [0.15, 0.2) is 0 Å². The molecule has 1 aromatic carbocycles. The van der Waals surface area contributed by atoms with Crippen LogP contribution in [0, 0.1) is 13.8 Å². The molecule has 1 aliphatic heterocycles. The predicted molar refractivity (Wildman–Crippen MR) is 100.0 cm³/mol. The highest BCUT2D eigenvalue weighted by molar-refractivity contribution is 6.35. The van der Waals surface area contributed by atoms with Crippen LogP contribution in [0.5, 0.6) is 0 Å². The first-order valence-electron chi connectivity index (χ1n) is 8.83. The van der Waals surface area contributed by atoms with Gasteiger partial charge in [-0.1, -0.05) is 18.2 Å². The molecule has 142 valence electrons. The van der Waals surface area contributed by atoms with Crippen molar-refractivity contribution in [3.8, 4) is 0 Å². The molecule has 3 rings (SSSR count). The maximum absolute atomic E-state index is 12.4. The first-order chi connectivity index (χ1) is 12.8. The van der Waals surface area contributed by atoms with E-state index in [0.29, 0.717) is 5.56 Å². The Morgan fingerprint density at radius 2 is 1.89 bits per heavy atom. The smallest absolute Gasteiger partial charge is 0.310 e. The SMILES string of the molecule is CCn1nc(C)c(CNC(=O)C(=O)N[C@@H]2C(=O)N(C)c3ccccc32)c1C. The highest BCUT2D eigenvalue weighted by Crippen LogP contribution is 2.34. The van der Waals surface area contributed by atoms with Crippen LogP contribution in [0.3, 0.4) is 0 Å². The second kappa shape index (κ2) is 7.22. The Morgan fingerprint density at radius 3 is 2.56 bits per heavy atom. The Kier molecular flexibility index (Phi) is 4.98. The number of nitrogens with one attached hydrogen (secondary N) is 2. The van der Waals surface area contributed by atoms with Gasteiger partial charge < -0.3 is 15.5 Å². The summed E-state index contributed by atoms with van der Waals surface area (Å²) in [6.07, 6.45) is 0. The third kappa shape index (κ3) is 3.30. The van der Waals surface area contributed by atoms with E-state index in [4.69, 9.17) is 0 Å². The third-order valence-electron chi connectivity index (χ3n) is 4.92. The number of benzene rings is 1. The number of aryl methyl sites for hydroxylation is 2. The molecule has 0 bridgehead atoms. The molecule has 8 heteroatoms. The fourth-order valence-electron chi connectivity index (χ4n) is 3.37. The zero-order chi connectivity index (χ0) is 19.7. The van der Waals surface area contributed by atoms with Gasteiger partial charge in [0.05, 0.1) is 5.69 Å². The molecule has 8 nitrogen and oxygen atoms in total. The van der Waals surface area contributed by atoms with Crippen molar-refractivity contribution in [1.82, 2.24) is 20.4 Å². The number of nitrogens with zero attached hydrogens (tertiary/aromatic N) is 3. The summed E-state index contributed by atoms with van der Waals surface area (Å²) in [4.78, 5) is 38.4. The van der Waals surface area contributed by atoms with E-state index >= 15 is 0 Å². The van der Waals surface area contributed by atoms with Crippen LogP contribution in [0.15, 0.2) is 24.3 Å². The van der Waals surface area contributed by atoms with Gasteiger partial charge in [0.1, 0.15) is 6.04 Å². The molecule has 2 heterocycles. The first-order valence-corrected chi connectivity index (χ1v) is 8.83. The summed E-state index contributed by atoms with van der Waals surface area (Å²) in [7, 11) is 1.64. The standard InChI is InChI=1S/C19H23N5O3/c1-5-24-12(3)14(11(2)22-24)10-20-17(25)18(26)21-16-13-8-6-7-9-15(13)23(4)19(16)27/h6-9,16H,5,10H2,1-4H3,(H,20,25)(H,21,26)/t16-/m0/s1. The van der Waals surface area contributed by atoms with Crippen molar-refractivity contribution >= 4 is 23.4 Å². The molecular formula is C19H23N5O3. The van der Waals surface area contributed by atoms with E-state index in [9.17, 15) is 14.4 Å². The number of hydrogen-bond donors (Lipinski definition) is 2. The molecule has 0 radical (unpaired) electrons. The van der Waals surface area contributed by atoms with Crippen molar-refractivity contribution in [3.63, 3.8) is 0 Å². The lowest BCUT2D eigenvalue weighted by molar-refractivity contribution is -0.140. The lowest BCUT2D eigenvalue weighted by Crippen LogP contribution is -2.44. The quantitative estimate of drug-likeness (QED) is 0.785. The summed E-state index contributed by atoms with van der Waals surface area (Å²) < 4.78 is 1.85. The Labute approximate surface area is 157 Å². The Hall–Kier alpha value is -3.16. The molecule has 0 spiro atoms. The van der Waals surface area contributed by atoms with Crippen LogP contribution < -0.4 is 15.5 Å². The van der Waals surface area contributed by atoms with E-state index in [0.717, 1.165) is 29.2 Å². The zero-order valence-corrected chi connectivity index (χ0v) is 15.9. The number of fused-ring (bicyclic) bond motifs is 1. The van der Waals surface area contributed by atoms with Crippen molar-refractivity contribution < 1.29 is 14.4 Å². The van der Waals surface area contributed by atoms with Gasteiger partial charge in [-0.05, 0) is 26.8 Å². The van der Waals surface area contributed by atoms with Gasteiger partial charge in [-0.2, -0.15) is 5.10 Å². The van der Waals surface area contributed by atoms with Gasteiger partial charge in [-0.25, -0.2) is 0 Å². The summed E-state index contributed by atoms with van der Waals surface area (Å²) >= 11 is 0. The molecule has 27 heavy (non-hydrogen) atoms. The summed E-state index contributed by atoms with van der Waals surface area (Å²) in [6.45, 7) is 6.72.